The van der Waals surface area contributed by atoms with Crippen LogP contribution in [0.3, 0.4) is 0 Å². The maximum Gasteiger partial charge on any atom is 0.0726 e. The van der Waals surface area contributed by atoms with E-state index in [4.69, 9.17) is 0 Å². The molecule has 9 aromatic carbocycles. The van der Waals surface area contributed by atoms with Gasteiger partial charge in [0.25, 0.3) is 0 Å². The summed E-state index contributed by atoms with van der Waals surface area (Å²) in [6.45, 7) is 9.74. The summed E-state index contributed by atoms with van der Waals surface area (Å²) in [7, 11) is 0. The van der Waals surface area contributed by atoms with Gasteiger partial charge in [-0.2, -0.15) is 0 Å². The second-order valence-electron chi connectivity index (χ2n) is 18.7. The molecular formula is C59H47N. The highest BCUT2D eigenvalue weighted by Gasteiger charge is 2.52. The van der Waals surface area contributed by atoms with Crippen LogP contribution in [-0.4, -0.2) is 0 Å². The Balaban J connectivity index is 1.20. The second-order valence-corrected chi connectivity index (χ2v) is 18.7. The number of nitrogens with zero attached hydrogens (tertiary/aromatic N) is 1. The van der Waals surface area contributed by atoms with Gasteiger partial charge in [-0.05, 0) is 143 Å². The Kier molecular flexibility index (Phi) is 7.44. The number of para-hydroxylation sites is 1. The fourth-order valence-corrected chi connectivity index (χ4v) is 11.4. The first-order valence-corrected chi connectivity index (χ1v) is 21.6. The molecule has 0 aliphatic heterocycles. The molecule has 1 heteroatoms. The first-order valence-electron chi connectivity index (χ1n) is 21.6. The van der Waals surface area contributed by atoms with Gasteiger partial charge in [-0.15, -0.1) is 0 Å². The maximum absolute atomic E-state index is 2.58. The van der Waals surface area contributed by atoms with Gasteiger partial charge in [-0.3, -0.25) is 0 Å². The lowest BCUT2D eigenvalue weighted by molar-refractivity contribution is 0.332. The summed E-state index contributed by atoms with van der Waals surface area (Å²) >= 11 is 0. The first-order chi connectivity index (χ1) is 29.2. The van der Waals surface area contributed by atoms with Crippen molar-refractivity contribution in [2.24, 2.45) is 0 Å². The molecule has 1 nitrogen and oxygen atoms in total. The maximum atomic E-state index is 2.58. The largest absolute Gasteiger partial charge is 0.310 e. The lowest BCUT2D eigenvalue weighted by Crippen LogP contribution is -2.33. The number of anilines is 3. The molecule has 0 fully saturated rings. The molecule has 0 bridgehead atoms. The third-order valence-electron chi connectivity index (χ3n) is 14.5. The number of benzene rings is 9. The Morgan fingerprint density at radius 2 is 0.917 bits per heavy atom. The van der Waals surface area contributed by atoms with Crippen molar-refractivity contribution in [2.45, 2.75) is 56.8 Å². The zero-order valence-corrected chi connectivity index (χ0v) is 34.8. The summed E-state index contributed by atoms with van der Waals surface area (Å²) in [5.74, 6) is 0. The van der Waals surface area contributed by atoms with Crippen molar-refractivity contribution in [2.75, 3.05) is 4.90 Å². The van der Waals surface area contributed by atoms with E-state index in [1.165, 1.54) is 107 Å². The molecule has 0 N–H and O–H groups in total. The quantitative estimate of drug-likeness (QED) is 0.161. The van der Waals surface area contributed by atoms with E-state index in [0.717, 1.165) is 11.4 Å². The van der Waals surface area contributed by atoms with Crippen molar-refractivity contribution in [1.29, 1.82) is 0 Å². The summed E-state index contributed by atoms with van der Waals surface area (Å²) < 4.78 is 0. The molecule has 9 aromatic rings. The minimum Gasteiger partial charge on any atom is -0.310 e. The Hall–Kier alpha value is -6.70. The number of rotatable bonds is 4. The minimum absolute atomic E-state index is 0.0753. The zero-order chi connectivity index (χ0) is 40.4. The predicted octanol–water partition coefficient (Wildman–Crippen LogP) is 15.8. The third-order valence-corrected chi connectivity index (χ3v) is 14.5. The normalized spacial score (nSPS) is 15.9. The number of fused-ring (bicyclic) bond motifs is 14. The van der Waals surface area contributed by atoms with Crippen LogP contribution in [0.4, 0.5) is 17.1 Å². The molecular weight excluding hydrogens is 723 g/mol. The monoisotopic (exact) mass is 769 g/mol. The van der Waals surface area contributed by atoms with Crippen LogP contribution in [0, 0.1) is 0 Å². The highest BCUT2D eigenvalue weighted by molar-refractivity contribution is 6.09. The molecule has 0 unspecified atom stereocenters. The van der Waals surface area contributed by atoms with Gasteiger partial charge in [0, 0.05) is 16.9 Å². The van der Waals surface area contributed by atoms with Crippen molar-refractivity contribution >= 4 is 38.6 Å². The van der Waals surface area contributed by atoms with Gasteiger partial charge in [0.15, 0.2) is 0 Å². The van der Waals surface area contributed by atoms with Crippen LogP contribution in [0.2, 0.25) is 0 Å². The smallest absolute Gasteiger partial charge is 0.0726 e. The average molecular weight is 770 g/mol. The molecule has 0 atom stereocenters. The standard InChI is InChI=1S/C59H47N/c1-57(2)32-33-58(3,4)55-35-40(28-31-53(55)57)48-36-49-47-22-12-15-25-52(47)59(50-23-13-10-20-45(50)46-21-11-14-24-51(46)59)54(49)37-56(48)60(41-17-6-5-7-18-41)42-29-30-44-39(34-42)27-26-38-16-8-9-19-43(38)44/h5-31,34-37H,32-33H2,1-4H3. The summed E-state index contributed by atoms with van der Waals surface area (Å²) in [4.78, 5) is 2.53. The lowest BCUT2D eigenvalue weighted by atomic mass is 9.63. The van der Waals surface area contributed by atoms with E-state index in [2.05, 4.69) is 221 Å². The topological polar surface area (TPSA) is 3.24 Å². The molecule has 3 aliphatic rings. The molecule has 1 spiro atoms. The van der Waals surface area contributed by atoms with E-state index in [0.29, 0.717) is 0 Å². The van der Waals surface area contributed by atoms with Crippen LogP contribution in [-0.2, 0) is 16.2 Å². The van der Waals surface area contributed by atoms with Gasteiger partial charge < -0.3 is 4.90 Å². The van der Waals surface area contributed by atoms with Crippen LogP contribution >= 0.6 is 0 Å². The Labute approximate surface area is 353 Å². The van der Waals surface area contributed by atoms with Gasteiger partial charge in [0.1, 0.15) is 0 Å². The van der Waals surface area contributed by atoms with Gasteiger partial charge in [0.2, 0.25) is 0 Å². The average Bonchev–Trinajstić information content (AvgIpc) is 3.75. The van der Waals surface area contributed by atoms with Crippen molar-refractivity contribution in [3.8, 4) is 33.4 Å². The van der Waals surface area contributed by atoms with Crippen LogP contribution in [0.1, 0.15) is 73.9 Å². The first kappa shape index (κ1) is 35.3. The zero-order valence-electron chi connectivity index (χ0n) is 34.8. The highest BCUT2D eigenvalue weighted by Crippen LogP contribution is 2.64. The van der Waals surface area contributed by atoms with Crippen molar-refractivity contribution in [3.05, 3.63) is 221 Å². The summed E-state index contributed by atoms with van der Waals surface area (Å²) in [6, 6.07) is 71.4. The van der Waals surface area contributed by atoms with E-state index in [9.17, 15) is 0 Å². The van der Waals surface area contributed by atoms with Crippen LogP contribution in [0.5, 0.6) is 0 Å². The molecule has 0 saturated carbocycles. The molecule has 0 saturated heterocycles. The number of hydrogen-bond acceptors (Lipinski definition) is 1. The van der Waals surface area contributed by atoms with Crippen LogP contribution < -0.4 is 4.90 Å². The van der Waals surface area contributed by atoms with Gasteiger partial charge >= 0.3 is 0 Å². The number of hydrogen-bond donors (Lipinski definition) is 0. The SMILES string of the molecule is CC1(C)CCC(C)(C)c2cc(-c3cc4c(cc3N(c3ccccc3)c3ccc5c(ccc6ccccc65)c3)C3(c5ccccc5-c5ccccc53)c3ccccc3-4)ccc21. The molecule has 0 heterocycles. The minimum atomic E-state index is -0.459. The summed E-state index contributed by atoms with van der Waals surface area (Å²) in [5, 5.41) is 5.05. The molecule has 288 valence electrons. The molecule has 0 aromatic heterocycles. The summed E-state index contributed by atoms with van der Waals surface area (Å²) in [6.07, 6.45) is 2.36. The molecule has 12 rings (SSSR count). The van der Waals surface area contributed by atoms with Gasteiger partial charge in [-0.25, -0.2) is 0 Å². The molecule has 3 aliphatic carbocycles. The van der Waals surface area contributed by atoms with E-state index < -0.39 is 5.41 Å². The van der Waals surface area contributed by atoms with Gasteiger partial charge in [-0.1, -0.05) is 179 Å². The fraction of sp³-hybridized carbons (Fsp3) is 0.153. The van der Waals surface area contributed by atoms with Crippen molar-refractivity contribution < 1.29 is 0 Å². The van der Waals surface area contributed by atoms with Crippen molar-refractivity contribution in [1.82, 2.24) is 0 Å². The van der Waals surface area contributed by atoms with E-state index >= 15 is 0 Å². The lowest BCUT2D eigenvalue weighted by Gasteiger charge is -2.42. The molecule has 0 radical (unpaired) electrons. The Morgan fingerprint density at radius 1 is 0.350 bits per heavy atom. The van der Waals surface area contributed by atoms with E-state index in [1.807, 2.05) is 0 Å². The fourth-order valence-electron chi connectivity index (χ4n) is 11.4. The van der Waals surface area contributed by atoms with Crippen molar-refractivity contribution in [3.63, 3.8) is 0 Å². The third kappa shape index (κ3) is 4.87. The van der Waals surface area contributed by atoms with Crippen LogP contribution in [0.15, 0.2) is 188 Å². The van der Waals surface area contributed by atoms with E-state index in [-0.39, 0.29) is 10.8 Å². The Morgan fingerprint density at radius 3 is 1.62 bits per heavy atom. The van der Waals surface area contributed by atoms with Crippen LogP contribution in [0.25, 0.3) is 54.9 Å². The molecule has 0 amide bonds. The molecule has 60 heavy (non-hydrogen) atoms. The summed E-state index contributed by atoms with van der Waals surface area (Å²) in [5.41, 5.74) is 19.3. The Bertz CT molecular complexity index is 3170. The highest BCUT2D eigenvalue weighted by atomic mass is 15.1. The van der Waals surface area contributed by atoms with E-state index in [1.54, 1.807) is 0 Å². The second kappa shape index (κ2) is 12.7. The van der Waals surface area contributed by atoms with Gasteiger partial charge in [0.05, 0.1) is 11.1 Å². The predicted molar refractivity (Wildman–Crippen MR) is 253 cm³/mol.